The topological polar surface area (TPSA) is 66.4 Å². The molecular weight excluding hydrogens is 194 g/mol. The van der Waals surface area contributed by atoms with Gasteiger partial charge in [-0.2, -0.15) is 0 Å². The summed E-state index contributed by atoms with van der Waals surface area (Å²) >= 11 is 0. The van der Waals surface area contributed by atoms with Crippen molar-refractivity contribution in [3.05, 3.63) is 0 Å². The van der Waals surface area contributed by atoms with Crippen molar-refractivity contribution in [2.45, 2.75) is 0 Å². The Labute approximate surface area is 86.0 Å². The van der Waals surface area contributed by atoms with Crippen molar-refractivity contribution in [3.8, 4) is 0 Å². The van der Waals surface area contributed by atoms with Gasteiger partial charge in [-0.15, -0.1) is 0 Å². The highest BCUT2D eigenvalue weighted by atomic mass is 16.4. The second-order valence-electron chi connectivity index (χ2n) is 5.91. The molecule has 15 heavy (non-hydrogen) atoms. The van der Waals surface area contributed by atoms with Crippen LogP contribution in [0.3, 0.4) is 0 Å². The van der Waals surface area contributed by atoms with Crippen molar-refractivity contribution in [1.29, 1.82) is 0 Å². The Bertz CT molecular complexity index is 415. The van der Waals surface area contributed by atoms with Crippen LogP contribution >= 0.6 is 0 Å². The van der Waals surface area contributed by atoms with Gasteiger partial charge in [-0.1, -0.05) is 0 Å². The smallest absolute Gasteiger partial charge is 0.310 e. The third kappa shape index (κ3) is 0.291. The van der Waals surface area contributed by atoms with Gasteiger partial charge >= 0.3 is 5.97 Å². The van der Waals surface area contributed by atoms with Crippen LogP contribution in [-0.4, -0.2) is 24.0 Å². The first-order valence-electron chi connectivity index (χ1n) is 5.61. The van der Waals surface area contributed by atoms with E-state index in [0.29, 0.717) is 35.5 Å². The fourth-order valence-corrected chi connectivity index (χ4v) is 6.63. The van der Waals surface area contributed by atoms with Crippen LogP contribution in [0, 0.1) is 46.3 Å². The molecular formula is C11H11NO3. The number of amides is 1. The van der Waals surface area contributed by atoms with E-state index >= 15 is 0 Å². The first kappa shape index (κ1) is 7.25. The summed E-state index contributed by atoms with van der Waals surface area (Å²) < 4.78 is 0. The number of carboxylic acid groups (broad SMARTS) is 1. The van der Waals surface area contributed by atoms with Gasteiger partial charge in [0.25, 0.3) is 0 Å². The lowest BCUT2D eigenvalue weighted by atomic mass is 8.92. The molecule has 78 valence electrons. The first-order valence-corrected chi connectivity index (χ1v) is 5.61. The van der Waals surface area contributed by atoms with Crippen LogP contribution in [0.4, 0.5) is 0 Å². The Morgan fingerprint density at radius 2 is 1.40 bits per heavy atom. The van der Waals surface area contributed by atoms with E-state index < -0.39 is 5.97 Å². The zero-order chi connectivity index (χ0) is 10.3. The number of carboxylic acids is 1. The summed E-state index contributed by atoms with van der Waals surface area (Å²) in [6, 6.07) is 0. The van der Waals surface area contributed by atoms with Crippen LogP contribution in [0.5, 0.6) is 0 Å². The Morgan fingerprint density at radius 3 is 1.73 bits per heavy atom. The molecule has 0 atom stereocenters. The maximum atomic E-state index is 11.8. The van der Waals surface area contributed by atoms with Crippen molar-refractivity contribution < 1.29 is 14.7 Å². The molecule has 6 rings (SSSR count). The molecule has 0 unspecified atom stereocenters. The average Bonchev–Trinajstić information content (AvgIpc) is 2.27. The number of hydrogen-bond donors (Lipinski definition) is 2. The highest BCUT2D eigenvalue weighted by Gasteiger charge is 3.13. The molecule has 6 aliphatic carbocycles. The van der Waals surface area contributed by atoms with E-state index in [1.807, 2.05) is 0 Å². The molecule has 0 bridgehead atoms. The van der Waals surface area contributed by atoms with Gasteiger partial charge in [0.2, 0.25) is 5.91 Å². The van der Waals surface area contributed by atoms with Gasteiger partial charge in [-0.05, 0) is 35.5 Å². The van der Waals surface area contributed by atoms with E-state index in [-0.39, 0.29) is 16.7 Å². The summed E-state index contributed by atoms with van der Waals surface area (Å²) in [4.78, 5) is 23.0. The summed E-state index contributed by atoms with van der Waals surface area (Å²) in [6.07, 6.45) is 0. The second kappa shape index (κ2) is 1.43. The molecule has 4 heteroatoms. The lowest BCUT2D eigenvalue weighted by molar-refractivity contribution is -0.626. The molecule has 2 N–H and O–H groups in total. The molecule has 0 aliphatic heterocycles. The lowest BCUT2D eigenvalue weighted by Gasteiger charge is -3.09. The number of aliphatic carboxylic acids is 1. The Morgan fingerprint density at radius 1 is 1.00 bits per heavy atom. The molecule has 0 spiro atoms. The largest absolute Gasteiger partial charge is 0.481 e. The molecule has 4 nitrogen and oxygen atoms in total. The zero-order valence-electron chi connectivity index (χ0n) is 8.23. The van der Waals surface area contributed by atoms with Crippen molar-refractivity contribution in [3.63, 3.8) is 0 Å². The van der Waals surface area contributed by atoms with Gasteiger partial charge in [0, 0.05) is 7.05 Å². The fraction of sp³-hybridized carbons (Fsp3) is 0.818. The van der Waals surface area contributed by atoms with E-state index in [1.165, 1.54) is 0 Å². The van der Waals surface area contributed by atoms with E-state index in [4.69, 9.17) is 0 Å². The normalized spacial score (nSPS) is 72.3. The minimum absolute atomic E-state index is 0.0774. The van der Waals surface area contributed by atoms with Crippen LogP contribution in [0.2, 0.25) is 0 Å². The van der Waals surface area contributed by atoms with Crippen LogP contribution in [0.15, 0.2) is 0 Å². The first-order chi connectivity index (χ1) is 7.16. The van der Waals surface area contributed by atoms with Gasteiger partial charge in [0.15, 0.2) is 0 Å². The van der Waals surface area contributed by atoms with E-state index in [9.17, 15) is 14.7 Å². The summed E-state index contributed by atoms with van der Waals surface area (Å²) in [6.45, 7) is 0. The number of rotatable bonds is 2. The quantitative estimate of drug-likeness (QED) is 0.642. The van der Waals surface area contributed by atoms with Crippen LogP contribution in [0.1, 0.15) is 0 Å². The molecule has 0 aromatic rings. The minimum atomic E-state index is -0.587. The van der Waals surface area contributed by atoms with E-state index in [1.54, 1.807) is 7.05 Å². The number of nitrogens with one attached hydrogen (secondary N) is 1. The standard InChI is InChI=1S/C11H11NO3/c1-12-8(13)10-2-5-3(10)7-4(10)6(2)11(5,7)9(14)15/h2-7H,1H3,(H,12,13)(H,14,15). The minimum Gasteiger partial charge on any atom is -0.481 e. The third-order valence-electron chi connectivity index (χ3n) is 6.62. The van der Waals surface area contributed by atoms with Gasteiger partial charge in [0.05, 0.1) is 10.8 Å². The second-order valence-corrected chi connectivity index (χ2v) is 5.91. The lowest BCUT2D eigenvalue weighted by Crippen LogP contribution is -3.12. The molecule has 0 heterocycles. The SMILES string of the molecule is CNC(=O)C12C3C4C1C1C2C3C41C(=O)O. The van der Waals surface area contributed by atoms with Gasteiger partial charge in [-0.25, -0.2) is 0 Å². The fourth-order valence-electron chi connectivity index (χ4n) is 6.63. The number of carbonyl (C=O) groups excluding carboxylic acids is 1. The molecule has 6 aliphatic rings. The third-order valence-corrected chi connectivity index (χ3v) is 6.62. The van der Waals surface area contributed by atoms with E-state index in [0.717, 1.165) is 0 Å². The predicted octanol–water partition coefficient (Wildman–Crippen LogP) is -0.445. The summed E-state index contributed by atoms with van der Waals surface area (Å²) in [5, 5.41) is 12.0. The molecule has 0 radical (unpaired) electrons. The van der Waals surface area contributed by atoms with Crippen LogP contribution < -0.4 is 5.32 Å². The van der Waals surface area contributed by atoms with Crippen molar-refractivity contribution in [2.24, 2.45) is 46.3 Å². The average molecular weight is 205 g/mol. The molecule has 0 aromatic carbocycles. The van der Waals surface area contributed by atoms with Gasteiger partial charge < -0.3 is 10.4 Å². The monoisotopic (exact) mass is 205 g/mol. The predicted molar refractivity (Wildman–Crippen MR) is 47.5 cm³/mol. The maximum Gasteiger partial charge on any atom is 0.310 e. The zero-order valence-corrected chi connectivity index (χ0v) is 8.23. The van der Waals surface area contributed by atoms with Crippen molar-refractivity contribution in [1.82, 2.24) is 5.32 Å². The highest BCUT2D eigenvalue weighted by molar-refractivity contribution is 5.98. The highest BCUT2D eigenvalue weighted by Crippen LogP contribution is 3.10. The molecule has 1 amide bonds. The van der Waals surface area contributed by atoms with Gasteiger partial charge in [-0.3, -0.25) is 9.59 Å². The van der Waals surface area contributed by atoms with Crippen molar-refractivity contribution in [2.75, 3.05) is 7.05 Å². The number of hydrogen-bond acceptors (Lipinski definition) is 2. The molecule has 0 aromatic heterocycles. The summed E-state index contributed by atoms with van der Waals surface area (Å²) in [5.41, 5.74) is -0.415. The Hall–Kier alpha value is -1.06. The summed E-state index contributed by atoms with van der Waals surface area (Å²) in [5.74, 6) is 2.02. The van der Waals surface area contributed by atoms with E-state index in [2.05, 4.69) is 5.32 Å². The van der Waals surface area contributed by atoms with Crippen molar-refractivity contribution >= 4 is 11.9 Å². The number of carbonyl (C=O) groups is 2. The van der Waals surface area contributed by atoms with Crippen LogP contribution in [-0.2, 0) is 9.59 Å². The molecule has 6 fully saturated rings. The molecule has 0 saturated heterocycles. The Balaban J connectivity index is 1.59. The summed E-state index contributed by atoms with van der Waals surface area (Å²) in [7, 11) is 1.69. The Kier molecular flexibility index (Phi) is 0.691. The van der Waals surface area contributed by atoms with Crippen LogP contribution in [0.25, 0.3) is 0 Å². The van der Waals surface area contributed by atoms with Gasteiger partial charge in [0.1, 0.15) is 0 Å². The molecule has 6 saturated carbocycles. The maximum absolute atomic E-state index is 11.8.